The van der Waals surface area contributed by atoms with Crippen LogP contribution in [0.1, 0.15) is 33.6 Å². The highest BCUT2D eigenvalue weighted by atomic mass is 32.1. The molecule has 0 bridgehead atoms. The van der Waals surface area contributed by atoms with Crippen LogP contribution in [0.15, 0.2) is 5.18 Å². The van der Waals surface area contributed by atoms with Crippen LogP contribution in [0.25, 0.3) is 0 Å². The number of likely N-dealkylation sites (tertiary alicyclic amines) is 1. The Bertz CT molecular complexity index is 435. The predicted octanol–water partition coefficient (Wildman–Crippen LogP) is 0.817. The highest BCUT2D eigenvalue weighted by molar-refractivity contribution is 7.74. The van der Waals surface area contributed by atoms with E-state index in [1.807, 2.05) is 6.92 Å². The van der Waals surface area contributed by atoms with Gasteiger partial charge in [0.05, 0.1) is 39.1 Å². The Morgan fingerprint density at radius 1 is 1.38 bits per heavy atom. The first-order valence-corrected chi connectivity index (χ1v) is 7.52. The molecule has 21 heavy (non-hydrogen) atoms. The quantitative estimate of drug-likeness (QED) is 0.248. The van der Waals surface area contributed by atoms with Gasteiger partial charge in [0.15, 0.2) is 5.78 Å². The molecule has 120 valence electrons. The number of nitrogens with two attached hydrogens (primary N) is 1. The van der Waals surface area contributed by atoms with Crippen molar-refractivity contribution in [1.82, 2.24) is 0 Å². The highest BCUT2D eigenvalue weighted by Crippen LogP contribution is 2.40. The molecule has 1 saturated heterocycles. The van der Waals surface area contributed by atoms with Gasteiger partial charge < -0.3 is 10.5 Å². The first-order chi connectivity index (χ1) is 9.71. The number of rotatable bonds is 6. The number of piperidine rings is 1. The molecule has 0 aromatic heterocycles. The van der Waals surface area contributed by atoms with Crippen LogP contribution in [0.3, 0.4) is 0 Å². The standard InChI is InChI=1S/C13H24N3O4S/c1-4-16(21)8-6-12(15-19,7-9-16)13(14,10(3)17)11(18)20-5-2/h21H,4-9,14H2,1-3H3/q+1. The molecule has 2 N–H and O–H groups in total. The number of hydrogen-bond acceptors (Lipinski definition) is 7. The number of thiol groups is 1. The maximum atomic E-state index is 12.2. The van der Waals surface area contributed by atoms with Gasteiger partial charge in [-0.15, -0.1) is 0 Å². The average Bonchev–Trinajstić information content (AvgIpc) is 2.47. The van der Waals surface area contributed by atoms with Crippen molar-refractivity contribution in [3.05, 3.63) is 4.91 Å². The number of carbonyl (C=O) groups excluding carboxylic acids is 2. The molecular weight excluding hydrogens is 294 g/mol. The van der Waals surface area contributed by atoms with E-state index in [1.54, 1.807) is 6.92 Å². The SMILES string of the molecule is CCOC(=O)C(N)(C(C)=O)C1(N=O)CC[N+](S)(CC)CC1. The maximum absolute atomic E-state index is 12.2. The summed E-state index contributed by atoms with van der Waals surface area (Å²) in [5.74, 6) is -1.48. The van der Waals surface area contributed by atoms with Gasteiger partial charge >= 0.3 is 5.97 Å². The van der Waals surface area contributed by atoms with Gasteiger partial charge in [0.2, 0.25) is 5.54 Å². The minimum Gasteiger partial charge on any atom is -0.464 e. The molecule has 0 aromatic carbocycles. The summed E-state index contributed by atoms with van der Waals surface area (Å²) in [7, 11) is 0. The van der Waals surface area contributed by atoms with Crippen molar-refractivity contribution >= 4 is 24.6 Å². The lowest BCUT2D eigenvalue weighted by molar-refractivity contribution is -0.797. The summed E-state index contributed by atoms with van der Waals surface area (Å²) in [6, 6.07) is 0. The number of hydrogen-bond donors (Lipinski definition) is 2. The van der Waals surface area contributed by atoms with Crippen molar-refractivity contribution in [2.24, 2.45) is 10.9 Å². The Kier molecular flexibility index (Phi) is 5.51. The summed E-state index contributed by atoms with van der Waals surface area (Å²) in [6.45, 7) is 6.68. The molecule has 1 aliphatic rings. The lowest BCUT2D eigenvalue weighted by Gasteiger charge is -2.46. The maximum Gasteiger partial charge on any atom is 0.336 e. The van der Waals surface area contributed by atoms with E-state index in [-0.39, 0.29) is 19.4 Å². The number of esters is 1. The molecule has 0 aromatic rings. The van der Waals surface area contributed by atoms with Gasteiger partial charge in [-0.3, -0.25) is 8.68 Å². The number of ether oxygens (including phenoxy) is 1. The number of nitrogens with zero attached hydrogens (tertiary/aromatic N) is 2. The smallest absolute Gasteiger partial charge is 0.336 e. The summed E-state index contributed by atoms with van der Waals surface area (Å²) < 4.78 is 5.39. The molecule has 1 fully saturated rings. The first kappa shape index (κ1) is 18.1. The van der Waals surface area contributed by atoms with Gasteiger partial charge in [0.25, 0.3) is 0 Å². The third kappa shape index (κ3) is 2.97. The van der Waals surface area contributed by atoms with Crippen LogP contribution in [-0.4, -0.2) is 53.0 Å². The molecule has 7 nitrogen and oxygen atoms in total. The topological polar surface area (TPSA) is 98.8 Å². The second-order valence-corrected chi connectivity index (χ2v) is 6.41. The van der Waals surface area contributed by atoms with Crippen LogP contribution in [0, 0.1) is 4.91 Å². The summed E-state index contributed by atoms with van der Waals surface area (Å²) in [5.41, 5.74) is 2.57. The average molecular weight is 318 g/mol. The Morgan fingerprint density at radius 2 is 1.90 bits per heavy atom. The Labute approximate surface area is 130 Å². The zero-order chi connectivity index (χ0) is 16.3. The molecule has 0 saturated carbocycles. The van der Waals surface area contributed by atoms with Gasteiger partial charge in [0, 0.05) is 12.8 Å². The van der Waals surface area contributed by atoms with Crippen molar-refractivity contribution in [3.63, 3.8) is 0 Å². The molecule has 1 heterocycles. The predicted molar refractivity (Wildman–Crippen MR) is 81.5 cm³/mol. The monoisotopic (exact) mass is 318 g/mol. The van der Waals surface area contributed by atoms with E-state index in [1.165, 1.54) is 6.92 Å². The second-order valence-electron chi connectivity index (χ2n) is 5.57. The zero-order valence-corrected chi connectivity index (χ0v) is 13.7. The summed E-state index contributed by atoms with van der Waals surface area (Å²) >= 11 is 4.56. The van der Waals surface area contributed by atoms with Crippen LogP contribution < -0.4 is 5.73 Å². The van der Waals surface area contributed by atoms with E-state index < -0.39 is 22.8 Å². The van der Waals surface area contributed by atoms with Crippen molar-refractivity contribution < 1.29 is 18.2 Å². The summed E-state index contributed by atoms with van der Waals surface area (Å²) in [5, 5.41) is 3.13. The number of Topliss-reactive ketones (excluding diaryl/α,β-unsaturated/α-hetero) is 1. The Hall–Kier alpha value is -0.990. The van der Waals surface area contributed by atoms with Gasteiger partial charge in [-0.2, -0.15) is 4.91 Å². The number of carbonyl (C=O) groups is 2. The minimum absolute atomic E-state index is 0.0848. The Morgan fingerprint density at radius 3 is 2.24 bits per heavy atom. The van der Waals surface area contributed by atoms with Crippen molar-refractivity contribution in [2.45, 2.75) is 44.7 Å². The Balaban J connectivity index is 3.19. The summed E-state index contributed by atoms with van der Waals surface area (Å²) in [4.78, 5) is 35.8. The molecule has 0 radical (unpaired) electrons. The van der Waals surface area contributed by atoms with E-state index in [2.05, 4.69) is 18.0 Å². The molecule has 1 aliphatic heterocycles. The fourth-order valence-electron chi connectivity index (χ4n) is 2.80. The van der Waals surface area contributed by atoms with Gasteiger partial charge in [0.1, 0.15) is 5.54 Å². The van der Waals surface area contributed by atoms with Gasteiger partial charge in [-0.05, 0) is 20.8 Å². The third-order valence-corrected chi connectivity index (χ3v) is 5.22. The largest absolute Gasteiger partial charge is 0.464 e. The van der Waals surface area contributed by atoms with Crippen molar-refractivity contribution in [1.29, 1.82) is 0 Å². The lowest BCUT2D eigenvalue weighted by Crippen LogP contribution is -2.72. The first-order valence-electron chi connectivity index (χ1n) is 7.12. The van der Waals surface area contributed by atoms with E-state index >= 15 is 0 Å². The van der Waals surface area contributed by atoms with E-state index in [0.29, 0.717) is 17.0 Å². The van der Waals surface area contributed by atoms with Crippen LogP contribution in [0.4, 0.5) is 0 Å². The lowest BCUT2D eigenvalue weighted by atomic mass is 9.69. The minimum atomic E-state index is -2.03. The summed E-state index contributed by atoms with van der Waals surface area (Å²) in [6.07, 6.45) is 0.450. The zero-order valence-electron chi connectivity index (χ0n) is 12.8. The second kappa shape index (κ2) is 6.41. The molecule has 0 amide bonds. The molecule has 8 heteroatoms. The van der Waals surface area contributed by atoms with Crippen molar-refractivity contribution in [2.75, 3.05) is 26.2 Å². The fraction of sp³-hybridized carbons (Fsp3) is 0.846. The van der Waals surface area contributed by atoms with E-state index in [0.717, 1.165) is 6.54 Å². The number of nitroso groups, excluding NO2 is 1. The normalized spacial score (nSPS) is 32.0. The van der Waals surface area contributed by atoms with Gasteiger partial charge in [-0.1, -0.05) is 5.18 Å². The highest BCUT2D eigenvalue weighted by Gasteiger charge is 2.63. The number of ketones is 1. The molecule has 1 atom stereocenters. The molecule has 0 aliphatic carbocycles. The van der Waals surface area contributed by atoms with Crippen molar-refractivity contribution in [3.8, 4) is 0 Å². The van der Waals surface area contributed by atoms with E-state index in [9.17, 15) is 14.5 Å². The molecule has 1 rings (SSSR count). The fourth-order valence-corrected chi connectivity index (χ4v) is 3.00. The van der Waals surface area contributed by atoms with E-state index in [4.69, 9.17) is 10.5 Å². The molecule has 0 spiro atoms. The third-order valence-electron chi connectivity index (χ3n) is 4.53. The number of quaternary nitrogens is 1. The van der Waals surface area contributed by atoms with Crippen LogP contribution in [-0.2, 0) is 14.3 Å². The van der Waals surface area contributed by atoms with Gasteiger partial charge in [-0.25, -0.2) is 4.79 Å². The van der Waals surface area contributed by atoms with Crippen LogP contribution in [0.2, 0.25) is 0 Å². The van der Waals surface area contributed by atoms with Crippen LogP contribution in [0.5, 0.6) is 0 Å². The molecule has 1 unspecified atom stereocenters. The van der Waals surface area contributed by atoms with Crippen LogP contribution >= 0.6 is 12.8 Å². The molecular formula is C13H24N3O4S+.